The first kappa shape index (κ1) is 93.2. The summed E-state index contributed by atoms with van der Waals surface area (Å²) in [7, 11) is 0. The van der Waals surface area contributed by atoms with Crippen LogP contribution in [-0.2, 0) is 82.2 Å². The van der Waals surface area contributed by atoms with Crippen molar-refractivity contribution in [3.05, 3.63) is 436 Å². The van der Waals surface area contributed by atoms with E-state index in [-0.39, 0.29) is 82.2 Å². The van der Waals surface area contributed by atoms with E-state index >= 15 is 0 Å². The second-order valence-corrected chi connectivity index (χ2v) is 27.7. The zero-order valence-electron chi connectivity index (χ0n) is 65.1. The average Bonchev–Trinajstić information content (AvgIpc) is 0.832. The van der Waals surface area contributed by atoms with Crippen molar-refractivity contribution in [1.29, 1.82) is 0 Å². The second-order valence-electron chi connectivity index (χ2n) is 27.7. The van der Waals surface area contributed by atoms with Crippen LogP contribution in [-0.4, -0.2) is 44.9 Å². The molecule has 0 bridgehead atoms. The van der Waals surface area contributed by atoms with E-state index in [0.29, 0.717) is 0 Å². The zero-order chi connectivity index (χ0) is 77.5. The van der Waals surface area contributed by atoms with Gasteiger partial charge >= 0.3 is 66.0 Å². The minimum atomic E-state index is 0. The number of benzene rings is 7. The number of rotatable bonds is 9. The van der Waals surface area contributed by atoms with Gasteiger partial charge in [0.1, 0.15) is 0 Å². The molecule has 9 heterocycles. The zero-order valence-corrected chi connectivity index (χ0v) is 69.0. The van der Waals surface area contributed by atoms with E-state index in [2.05, 4.69) is 180 Å². The minimum Gasteiger partial charge on any atom is -0.391 e. The molecule has 0 atom stereocenters. The molecule has 0 saturated heterocycles. The Hall–Kier alpha value is -11.4. The third-order valence-electron chi connectivity index (χ3n) is 16.2. The maximum atomic E-state index is 5.65. The summed E-state index contributed by atoms with van der Waals surface area (Å²) >= 11 is 0. The summed E-state index contributed by atoms with van der Waals surface area (Å²) in [6.07, 6.45) is 12.2. The minimum absolute atomic E-state index is 0. The van der Waals surface area contributed by atoms with Crippen LogP contribution >= 0.6 is 0 Å². The van der Waals surface area contributed by atoms with Gasteiger partial charge in [-0.3, -0.25) is 46.5 Å². The van der Waals surface area contributed by atoms with Crippen LogP contribution in [0.1, 0.15) is 84.6 Å². The van der Waals surface area contributed by atoms with Crippen LogP contribution in [0.5, 0.6) is 0 Å². The van der Waals surface area contributed by atoms with Gasteiger partial charge in [0.25, 0.3) is 0 Å². The Kier molecular flexibility index (Phi) is 40.8. The van der Waals surface area contributed by atoms with Gasteiger partial charge in [-0.15, -0.1) is 156 Å². The van der Waals surface area contributed by atoms with E-state index < -0.39 is 0 Å². The van der Waals surface area contributed by atoms with Crippen molar-refractivity contribution < 1.29 is 66.0 Å². The molecule has 16 aromatic rings. The Labute approximate surface area is 716 Å². The van der Waals surface area contributed by atoms with E-state index in [1.165, 1.54) is 16.7 Å². The quantitative estimate of drug-likeness (QED) is 0.103. The third-order valence-corrected chi connectivity index (χ3v) is 16.2. The van der Waals surface area contributed by atoms with Gasteiger partial charge in [-0.25, -0.2) is 6.08 Å². The number of hydrogen-bond acceptors (Lipinski definition) is 9. The first-order valence-electron chi connectivity index (χ1n) is 36.3. The van der Waals surface area contributed by atoms with Gasteiger partial charge < -0.3 is 4.98 Å². The van der Waals surface area contributed by atoms with E-state index in [1.807, 2.05) is 285 Å². The van der Waals surface area contributed by atoms with Gasteiger partial charge in [0, 0.05) is 24.8 Å². The van der Waals surface area contributed by atoms with Crippen molar-refractivity contribution >= 4 is 6.08 Å². The maximum Gasteiger partial charge on any atom is 2.00 e. The van der Waals surface area contributed by atoms with E-state index in [4.69, 9.17) is 6.58 Å². The Balaban J connectivity index is 0.000000237. The smallest absolute Gasteiger partial charge is 0.391 e. The molecule has 578 valence electrons. The van der Waals surface area contributed by atoms with Gasteiger partial charge in [0.05, 0.1) is 45.6 Å². The van der Waals surface area contributed by atoms with Crippen LogP contribution in [0.4, 0.5) is 0 Å². The molecule has 0 fully saturated rings. The first-order valence-corrected chi connectivity index (χ1v) is 36.3. The molecule has 13 heteroatoms. The fraction of sp³-hybridized carbons (Fsp3) is 0.119. The molecular weight excluding hydrogens is 1570 g/mol. The number of hydrogen-bond donors (Lipinski definition) is 0. The van der Waals surface area contributed by atoms with Gasteiger partial charge in [-0.2, -0.15) is 96.1 Å². The first-order chi connectivity index (χ1) is 53.5. The van der Waals surface area contributed by atoms with Crippen molar-refractivity contribution in [1.82, 2.24) is 44.9 Å². The van der Waals surface area contributed by atoms with E-state index in [0.717, 1.165) is 96.1 Å². The molecule has 7 aromatic carbocycles. The Morgan fingerprint density at radius 2 is 0.500 bits per heavy atom. The molecule has 0 aliphatic carbocycles. The maximum absolute atomic E-state index is 5.65. The van der Waals surface area contributed by atoms with Crippen LogP contribution in [0.25, 0.3) is 96.7 Å². The summed E-state index contributed by atoms with van der Waals surface area (Å²) in [6, 6.07) is 128. The second kappa shape index (κ2) is 49.9. The fourth-order valence-corrected chi connectivity index (χ4v) is 10.3. The van der Waals surface area contributed by atoms with Gasteiger partial charge in [-0.05, 0) is 112 Å². The van der Waals surface area contributed by atoms with Crippen LogP contribution in [0, 0.1) is 49.0 Å². The van der Waals surface area contributed by atoms with E-state index in [9.17, 15) is 0 Å². The van der Waals surface area contributed by atoms with Gasteiger partial charge in [0.2, 0.25) is 0 Å². The predicted octanol–water partition coefficient (Wildman–Crippen LogP) is 24.3. The summed E-state index contributed by atoms with van der Waals surface area (Å²) < 4.78 is 0. The van der Waals surface area contributed by atoms with Crippen molar-refractivity contribution in [3.63, 3.8) is 0 Å². The molecule has 0 N–H and O–H groups in total. The topological polar surface area (TPSA) is 116 Å². The predicted molar refractivity (Wildman–Crippen MR) is 452 cm³/mol. The molecule has 0 aliphatic heterocycles. The summed E-state index contributed by atoms with van der Waals surface area (Å²) in [4.78, 5) is 39.5. The van der Waals surface area contributed by atoms with Crippen LogP contribution < -0.4 is 0 Å². The monoisotopic (exact) mass is 1660 g/mol. The SMILES string of the molecule is CC(C)(C)c1cc[c-]cc1.[CH-]=Cc1cc(C(C)(C)C)cc(C(C)(C)C)c1.[Ni+2].[Ni+2].[Ni+2].[Ni+2].[c-]1ccccc1.[c-]1ccccc1-c1cccc(-c2ccccn2)n1.[c-]1ccccc1-c1cccc(-c2ccccn2)n1.[c-]1ccccc1-c1cccc(-c2ccccn2)n1.[c-]1ccccc1-c1cccc(-c2ccccn2)n1.[c-]1ccncc1. The molecular formula is C101H89N9Ni4. The average molecular weight is 1660 g/mol. The molecule has 16 rings (SSSR count). The van der Waals surface area contributed by atoms with Crippen molar-refractivity contribution in [3.8, 4) is 90.6 Å². The molecule has 0 aliphatic rings. The molecule has 9 aromatic heterocycles. The van der Waals surface area contributed by atoms with Crippen LogP contribution in [0.2, 0.25) is 0 Å². The Morgan fingerprint density at radius 1 is 0.237 bits per heavy atom. The van der Waals surface area contributed by atoms with Crippen molar-refractivity contribution in [2.75, 3.05) is 0 Å². The summed E-state index contributed by atoms with van der Waals surface area (Å²) in [6.45, 7) is 25.7. The third kappa shape index (κ3) is 32.0. The number of nitrogens with zero attached hydrogens (tertiary/aromatic N) is 9. The Bertz CT molecular complexity index is 4420. The molecule has 0 amide bonds. The molecule has 0 unspecified atom stereocenters. The molecule has 9 nitrogen and oxygen atoms in total. The summed E-state index contributed by atoms with van der Waals surface area (Å²) in [5.41, 5.74) is 20.5. The van der Waals surface area contributed by atoms with Crippen LogP contribution in [0.3, 0.4) is 0 Å². The number of pyridine rings is 9. The summed E-state index contributed by atoms with van der Waals surface area (Å²) in [5, 5.41) is 0. The van der Waals surface area contributed by atoms with E-state index in [1.54, 1.807) is 55.4 Å². The number of aromatic nitrogens is 9. The molecule has 0 radical (unpaired) electrons. The normalized spacial score (nSPS) is 10.1. The Morgan fingerprint density at radius 3 is 0.702 bits per heavy atom. The van der Waals surface area contributed by atoms with Gasteiger partial charge in [0.15, 0.2) is 0 Å². The standard InChI is InChI=1S/4C16H11N2.C16H23.C10H13.C6H5.C5H4N.4Ni/c4*1-2-7-13(8-3-1)14-10-6-11-16(18-14)15-9-4-5-12-17-15;1-8-12-9-13(15(2,3)4)11-14(10-12)16(5,6)7;1-10(2,3)9-7-5-4-6-8-9;2*1-2-4-6-5-3-1;;;;/h4*1-7,9-12H;1,8-11H,2-7H3;5-8H,1-3H3;1-5H;2-5H;;;;/q8*-1;4*+2. The molecule has 114 heavy (non-hydrogen) atoms. The van der Waals surface area contributed by atoms with Gasteiger partial charge in [-0.1, -0.05) is 165 Å². The molecule has 0 saturated carbocycles. The fourth-order valence-electron chi connectivity index (χ4n) is 10.3. The summed E-state index contributed by atoms with van der Waals surface area (Å²) in [5.74, 6) is 0. The van der Waals surface area contributed by atoms with Crippen molar-refractivity contribution in [2.45, 2.75) is 78.6 Å². The molecule has 0 spiro atoms. The largest absolute Gasteiger partial charge is 2.00 e. The van der Waals surface area contributed by atoms with Crippen LogP contribution in [0.15, 0.2) is 365 Å². The van der Waals surface area contributed by atoms with Crippen molar-refractivity contribution in [2.24, 2.45) is 0 Å².